The van der Waals surface area contributed by atoms with Crippen LogP contribution >= 0.6 is 15.9 Å². The molecule has 2 amide bonds. The topological polar surface area (TPSA) is 139 Å². The number of aryl methyl sites for hydroxylation is 1. The first kappa shape index (κ1) is 33.5. The van der Waals surface area contributed by atoms with Crippen molar-refractivity contribution >= 4 is 49.1 Å². The molecule has 0 unspecified atom stereocenters. The molecule has 11 nitrogen and oxygen atoms in total. The number of rotatable bonds is 13. The standard InChI is InChI=1S/C30H35BrN4O7S/c1-20(2)17-32-30(37)22(4)33(18-23-7-9-24(31)10-8-23)29(36)19-34(25-11-13-26(42-5)14-12-25)43(40,41)27-15-6-21(3)28(16-27)35(38)39/h6-16,20,22H,17-19H2,1-5H3,(H,32,37)/t22-/m1/s1. The summed E-state index contributed by atoms with van der Waals surface area (Å²) in [5.74, 6) is -0.380. The summed E-state index contributed by atoms with van der Waals surface area (Å²) in [6, 6.07) is 15.9. The maximum Gasteiger partial charge on any atom is 0.273 e. The highest BCUT2D eigenvalue weighted by molar-refractivity contribution is 9.10. The van der Waals surface area contributed by atoms with Crippen LogP contribution in [0.5, 0.6) is 5.75 Å². The molecule has 0 heterocycles. The highest BCUT2D eigenvalue weighted by Gasteiger charge is 2.33. The number of methoxy groups -OCH3 is 1. The number of hydrogen-bond donors (Lipinski definition) is 1. The molecule has 0 bridgehead atoms. The van der Waals surface area contributed by atoms with Gasteiger partial charge in [-0.2, -0.15) is 0 Å². The zero-order valence-corrected chi connectivity index (χ0v) is 27.0. The Labute approximate surface area is 260 Å². The Balaban J connectivity index is 2.07. The minimum atomic E-state index is -4.49. The molecule has 0 fully saturated rings. The molecule has 0 radical (unpaired) electrons. The van der Waals surface area contributed by atoms with Crippen molar-refractivity contribution in [2.75, 3.05) is 24.5 Å². The monoisotopic (exact) mass is 674 g/mol. The van der Waals surface area contributed by atoms with Crippen molar-refractivity contribution < 1.29 is 27.7 Å². The Morgan fingerprint density at radius 3 is 2.21 bits per heavy atom. The normalized spacial score (nSPS) is 12.0. The van der Waals surface area contributed by atoms with Crippen LogP contribution in [0.15, 0.2) is 76.1 Å². The van der Waals surface area contributed by atoms with Gasteiger partial charge in [-0.15, -0.1) is 0 Å². The fourth-order valence-electron chi connectivity index (χ4n) is 4.17. The zero-order valence-electron chi connectivity index (χ0n) is 24.6. The highest BCUT2D eigenvalue weighted by atomic mass is 79.9. The number of nitrogens with zero attached hydrogens (tertiary/aromatic N) is 3. The fourth-order valence-corrected chi connectivity index (χ4v) is 5.87. The molecule has 230 valence electrons. The summed E-state index contributed by atoms with van der Waals surface area (Å²) in [4.78, 5) is 39.0. The molecule has 1 atom stereocenters. The Morgan fingerprint density at radius 1 is 1.02 bits per heavy atom. The van der Waals surface area contributed by atoms with Crippen LogP contribution in [-0.2, 0) is 26.2 Å². The smallest absolute Gasteiger partial charge is 0.273 e. The number of sulfonamides is 1. The number of carbonyl (C=O) groups is 2. The number of halogens is 1. The van der Waals surface area contributed by atoms with Gasteiger partial charge in [0, 0.05) is 29.2 Å². The van der Waals surface area contributed by atoms with E-state index in [4.69, 9.17) is 4.74 Å². The fraction of sp³-hybridized carbons (Fsp3) is 0.333. The third-order valence-electron chi connectivity index (χ3n) is 6.72. The summed E-state index contributed by atoms with van der Waals surface area (Å²) in [5.41, 5.74) is 0.790. The summed E-state index contributed by atoms with van der Waals surface area (Å²) in [6.07, 6.45) is 0. The van der Waals surface area contributed by atoms with E-state index in [1.54, 1.807) is 43.3 Å². The Morgan fingerprint density at radius 2 is 1.65 bits per heavy atom. The van der Waals surface area contributed by atoms with E-state index in [0.717, 1.165) is 20.4 Å². The van der Waals surface area contributed by atoms with Gasteiger partial charge in [0.15, 0.2) is 0 Å². The van der Waals surface area contributed by atoms with E-state index < -0.39 is 33.4 Å². The SMILES string of the molecule is COc1ccc(N(CC(=O)N(Cc2ccc(Br)cc2)[C@H](C)C(=O)NCC(C)C)S(=O)(=O)c2ccc(C)c([N+](=O)[O-])c2)cc1. The van der Waals surface area contributed by atoms with Crippen molar-refractivity contribution in [3.05, 3.63) is 92.4 Å². The molecule has 0 aliphatic rings. The van der Waals surface area contributed by atoms with Gasteiger partial charge in [-0.3, -0.25) is 24.0 Å². The van der Waals surface area contributed by atoms with Gasteiger partial charge in [0.25, 0.3) is 15.7 Å². The number of anilines is 1. The molecule has 3 aromatic rings. The predicted molar refractivity (Wildman–Crippen MR) is 167 cm³/mol. The van der Waals surface area contributed by atoms with Crippen LogP contribution in [-0.4, -0.2) is 56.3 Å². The molecule has 0 aliphatic carbocycles. The van der Waals surface area contributed by atoms with Crippen molar-refractivity contribution in [1.82, 2.24) is 10.2 Å². The zero-order chi connectivity index (χ0) is 31.9. The lowest BCUT2D eigenvalue weighted by atomic mass is 10.1. The molecular weight excluding hydrogens is 640 g/mol. The van der Waals surface area contributed by atoms with Crippen molar-refractivity contribution in [3.8, 4) is 5.75 Å². The molecule has 13 heteroatoms. The van der Waals surface area contributed by atoms with Gasteiger partial charge in [-0.05, 0) is 67.8 Å². The van der Waals surface area contributed by atoms with Gasteiger partial charge in [-0.1, -0.05) is 48.0 Å². The summed E-state index contributed by atoms with van der Waals surface area (Å²) in [5, 5.41) is 14.4. The van der Waals surface area contributed by atoms with Gasteiger partial charge in [-0.25, -0.2) is 8.42 Å². The van der Waals surface area contributed by atoms with Crippen LogP contribution in [0.25, 0.3) is 0 Å². The molecule has 43 heavy (non-hydrogen) atoms. The lowest BCUT2D eigenvalue weighted by Crippen LogP contribution is -2.51. The minimum absolute atomic E-state index is 0.0366. The van der Waals surface area contributed by atoms with Crippen LogP contribution in [0.2, 0.25) is 0 Å². The summed E-state index contributed by atoms with van der Waals surface area (Å²) < 4.78 is 35.0. The van der Waals surface area contributed by atoms with Crippen molar-refractivity contribution in [1.29, 1.82) is 0 Å². The van der Waals surface area contributed by atoms with E-state index >= 15 is 0 Å². The second-order valence-electron chi connectivity index (χ2n) is 10.4. The summed E-state index contributed by atoms with van der Waals surface area (Å²) in [7, 11) is -3.02. The van der Waals surface area contributed by atoms with Gasteiger partial charge in [0.1, 0.15) is 18.3 Å². The van der Waals surface area contributed by atoms with Crippen LogP contribution in [0.1, 0.15) is 31.9 Å². The molecule has 0 saturated carbocycles. The van der Waals surface area contributed by atoms with Crippen LogP contribution in [0.4, 0.5) is 11.4 Å². The Hall–Kier alpha value is -3.97. The number of amides is 2. The van der Waals surface area contributed by atoms with E-state index in [1.165, 1.54) is 43.2 Å². The number of carbonyl (C=O) groups excluding carboxylic acids is 2. The minimum Gasteiger partial charge on any atom is -0.497 e. The number of ether oxygens (including phenoxy) is 1. The van der Waals surface area contributed by atoms with Crippen LogP contribution < -0.4 is 14.4 Å². The molecule has 1 N–H and O–H groups in total. The predicted octanol–water partition coefficient (Wildman–Crippen LogP) is 5.06. The molecular formula is C30H35BrN4O7S. The highest BCUT2D eigenvalue weighted by Crippen LogP contribution is 2.29. The van der Waals surface area contributed by atoms with E-state index in [-0.39, 0.29) is 40.2 Å². The number of benzene rings is 3. The third-order valence-corrected chi connectivity index (χ3v) is 9.02. The average Bonchev–Trinajstić information content (AvgIpc) is 2.97. The van der Waals surface area contributed by atoms with Gasteiger partial charge in [0.05, 0.1) is 22.6 Å². The lowest BCUT2D eigenvalue weighted by molar-refractivity contribution is -0.385. The van der Waals surface area contributed by atoms with Crippen LogP contribution in [0.3, 0.4) is 0 Å². The van der Waals surface area contributed by atoms with Gasteiger partial charge in [0.2, 0.25) is 11.8 Å². The number of nitrogens with one attached hydrogen (secondary N) is 1. The summed E-state index contributed by atoms with van der Waals surface area (Å²) in [6.45, 7) is 6.75. The molecule has 3 rings (SSSR count). The number of nitro groups is 1. The molecule has 0 saturated heterocycles. The van der Waals surface area contributed by atoms with E-state index in [9.17, 15) is 28.1 Å². The Kier molecular flexibility index (Phi) is 11.3. The summed E-state index contributed by atoms with van der Waals surface area (Å²) >= 11 is 3.39. The van der Waals surface area contributed by atoms with E-state index in [2.05, 4.69) is 21.2 Å². The maximum atomic E-state index is 14.0. The first-order valence-corrected chi connectivity index (χ1v) is 15.7. The molecule has 0 aliphatic heterocycles. The number of hydrogen-bond acceptors (Lipinski definition) is 7. The van der Waals surface area contributed by atoms with E-state index in [0.29, 0.717) is 12.3 Å². The van der Waals surface area contributed by atoms with Crippen molar-refractivity contribution in [2.45, 2.75) is 45.2 Å². The third kappa shape index (κ3) is 8.54. The number of nitro benzene ring substituents is 1. The van der Waals surface area contributed by atoms with Crippen LogP contribution in [0, 0.1) is 23.0 Å². The maximum absolute atomic E-state index is 14.0. The second kappa shape index (κ2) is 14.5. The lowest BCUT2D eigenvalue weighted by Gasteiger charge is -2.32. The molecule has 3 aromatic carbocycles. The van der Waals surface area contributed by atoms with Crippen molar-refractivity contribution in [3.63, 3.8) is 0 Å². The molecule has 0 spiro atoms. The largest absolute Gasteiger partial charge is 0.497 e. The first-order valence-electron chi connectivity index (χ1n) is 13.5. The quantitative estimate of drug-likeness (QED) is 0.197. The first-order chi connectivity index (χ1) is 20.2. The van der Waals surface area contributed by atoms with Crippen molar-refractivity contribution in [2.24, 2.45) is 5.92 Å². The average molecular weight is 676 g/mol. The molecule has 0 aromatic heterocycles. The van der Waals surface area contributed by atoms with Gasteiger partial charge >= 0.3 is 0 Å². The van der Waals surface area contributed by atoms with Gasteiger partial charge < -0.3 is 15.0 Å². The van der Waals surface area contributed by atoms with E-state index in [1.807, 2.05) is 13.8 Å². The Bertz CT molecular complexity index is 1560. The second-order valence-corrected chi connectivity index (χ2v) is 13.2.